The fraction of sp³-hybridized carbons (Fsp3) is 0.214. The molecular formula is C28H28B2FeN6O6. The topological polar surface area (TPSA) is 130 Å². The van der Waals surface area contributed by atoms with Crippen molar-refractivity contribution in [2.45, 2.75) is 41.5 Å². The molecule has 5 rings (SSSR count). The minimum absolute atomic E-state index is 0. The molecule has 15 heteroatoms. The van der Waals surface area contributed by atoms with Gasteiger partial charge in [-0.3, -0.25) is 0 Å². The molecule has 0 aromatic heterocycles. The number of fused-ring (bicyclic) bond motifs is 9. The first-order valence-electron chi connectivity index (χ1n) is 12.9. The van der Waals surface area contributed by atoms with Gasteiger partial charge in [0.2, 0.25) is 0 Å². The summed E-state index contributed by atoms with van der Waals surface area (Å²) in [5, 5.41) is 25.4. The van der Waals surface area contributed by atoms with Crippen LogP contribution in [-0.2, 0) is 45.6 Å². The fourth-order valence-corrected chi connectivity index (χ4v) is 3.40. The molecule has 3 aliphatic heterocycles. The standard InChI is InChI=1S/C28H28B2N6O6.Fe/c1-9-25-11-15-27(16-12-25)29-37-31-19(3)22(6)34-40-30(28-17-13-26(10-2)14-18-28,41-35-23(7)20(4)32-38-29)42-36-24(8)21(5)33-39-29;/h1-2,11-18H,3-8H3;/q-2;+2/b31-19+,32-20+,33-21+,34-22+,35-23+,36-24+;. The molecule has 3 aliphatic rings. The molecule has 220 valence electrons. The Morgan fingerprint density at radius 3 is 0.837 bits per heavy atom. The summed E-state index contributed by atoms with van der Waals surface area (Å²) in [6.45, 7) is 3.91. The predicted molar refractivity (Wildman–Crippen MR) is 165 cm³/mol. The third kappa shape index (κ3) is 7.28. The van der Waals surface area contributed by atoms with Crippen molar-refractivity contribution in [3.05, 3.63) is 59.7 Å². The summed E-state index contributed by atoms with van der Waals surface area (Å²) < 4.78 is 35.8. The number of nitrogens with zero attached hydrogens (tertiary/aromatic N) is 6. The quantitative estimate of drug-likeness (QED) is 0.374. The van der Waals surface area contributed by atoms with Gasteiger partial charge < -0.3 is 28.5 Å². The molecule has 0 N–H and O–H groups in total. The molecule has 2 aromatic carbocycles. The molecule has 0 radical (unpaired) electrons. The number of rotatable bonds is 2. The summed E-state index contributed by atoms with van der Waals surface area (Å²) >= 11 is 0. The van der Waals surface area contributed by atoms with E-state index in [9.17, 15) is 0 Å². The molecule has 12 nitrogen and oxygen atoms in total. The van der Waals surface area contributed by atoms with E-state index in [-0.39, 0.29) is 17.1 Å². The molecule has 0 saturated carbocycles. The Morgan fingerprint density at radius 1 is 0.442 bits per heavy atom. The van der Waals surface area contributed by atoms with Crippen molar-refractivity contribution in [3.63, 3.8) is 0 Å². The first-order chi connectivity index (χ1) is 20.1. The molecule has 0 saturated heterocycles. The fourth-order valence-electron chi connectivity index (χ4n) is 3.40. The van der Waals surface area contributed by atoms with Gasteiger partial charge in [0.1, 0.15) is 0 Å². The Labute approximate surface area is 260 Å². The maximum Gasteiger partial charge on any atom is 2.00 e. The summed E-state index contributed by atoms with van der Waals surface area (Å²) in [6, 6.07) is 13.5. The Hall–Kier alpha value is -4.97. The summed E-state index contributed by atoms with van der Waals surface area (Å²) in [5.41, 5.74) is 3.87. The van der Waals surface area contributed by atoms with E-state index in [0.717, 1.165) is 0 Å². The second kappa shape index (κ2) is 13.8. The van der Waals surface area contributed by atoms with Crippen molar-refractivity contribution in [1.29, 1.82) is 0 Å². The van der Waals surface area contributed by atoms with Crippen molar-refractivity contribution >= 4 is 58.7 Å². The molecule has 0 aliphatic carbocycles. The molecule has 0 spiro atoms. The van der Waals surface area contributed by atoms with Gasteiger partial charge in [-0.1, -0.05) is 47.0 Å². The zero-order chi connectivity index (χ0) is 30.3. The Kier molecular flexibility index (Phi) is 10.4. The second-order valence-corrected chi connectivity index (χ2v) is 9.51. The SMILES string of the molecule is C#Cc1ccc([B-]23O/N=C(C)/C(C)=N/O[B-](c4ccc(C#C)cc4)(O/N=C(C)/C(C)=N/O2)O/N=C(C)/C(C)=N/O3)cc1.[Fe+2]. The van der Waals surface area contributed by atoms with E-state index < -0.39 is 13.5 Å². The van der Waals surface area contributed by atoms with Gasteiger partial charge in [0.05, 0.1) is 34.3 Å². The van der Waals surface area contributed by atoms with Crippen molar-refractivity contribution < 1.29 is 45.6 Å². The van der Waals surface area contributed by atoms with Gasteiger partial charge >= 0.3 is 30.6 Å². The molecule has 0 unspecified atom stereocenters. The number of hydrogen-bond acceptors (Lipinski definition) is 12. The Bertz CT molecular complexity index is 1400. The molecule has 43 heavy (non-hydrogen) atoms. The van der Waals surface area contributed by atoms with Crippen LogP contribution in [0.4, 0.5) is 0 Å². The molecule has 0 fully saturated rings. The largest absolute Gasteiger partial charge is 2.00 e. The van der Waals surface area contributed by atoms with Gasteiger partial charge in [0, 0.05) is 11.1 Å². The van der Waals surface area contributed by atoms with E-state index in [0.29, 0.717) is 56.3 Å². The summed E-state index contributed by atoms with van der Waals surface area (Å²) in [5.74, 6) is 5.14. The third-order valence-electron chi connectivity index (χ3n) is 6.51. The maximum atomic E-state index is 5.96. The van der Waals surface area contributed by atoms with Crippen LogP contribution in [0.2, 0.25) is 0 Å². The van der Waals surface area contributed by atoms with Crippen LogP contribution in [0.1, 0.15) is 52.7 Å². The third-order valence-corrected chi connectivity index (χ3v) is 6.51. The predicted octanol–water partition coefficient (Wildman–Crippen LogP) is 3.02. The smallest absolute Gasteiger partial charge is 0.536 e. The van der Waals surface area contributed by atoms with Gasteiger partial charge in [0.25, 0.3) is 0 Å². The van der Waals surface area contributed by atoms with Crippen LogP contribution in [0.3, 0.4) is 0 Å². The Balaban J connectivity index is 0.00000506. The minimum atomic E-state index is -2.99. The molecular weight excluding hydrogens is 594 g/mol. The zero-order valence-electron chi connectivity index (χ0n) is 24.4. The van der Waals surface area contributed by atoms with Crippen LogP contribution >= 0.6 is 0 Å². The van der Waals surface area contributed by atoms with Crippen LogP contribution in [0, 0.1) is 24.7 Å². The van der Waals surface area contributed by atoms with Crippen LogP contribution in [-0.4, -0.2) is 47.8 Å². The van der Waals surface area contributed by atoms with Gasteiger partial charge in [-0.2, -0.15) is 0 Å². The van der Waals surface area contributed by atoms with Crippen LogP contribution in [0.5, 0.6) is 0 Å². The molecule has 3 heterocycles. The minimum Gasteiger partial charge on any atom is -0.536 e. The van der Waals surface area contributed by atoms with Gasteiger partial charge in [-0.15, -0.1) is 43.8 Å². The van der Waals surface area contributed by atoms with Crippen LogP contribution in [0.25, 0.3) is 0 Å². The number of hydrogen-bond donors (Lipinski definition) is 0. The van der Waals surface area contributed by atoms with E-state index in [1.165, 1.54) is 0 Å². The van der Waals surface area contributed by atoms with Crippen molar-refractivity contribution in [3.8, 4) is 24.7 Å². The molecule has 0 amide bonds. The average Bonchev–Trinajstić information content (AvgIpc) is 3.02. The molecule has 0 atom stereocenters. The first-order valence-corrected chi connectivity index (χ1v) is 12.9. The zero-order valence-corrected chi connectivity index (χ0v) is 25.5. The summed E-state index contributed by atoms with van der Waals surface area (Å²) in [4.78, 5) is 0. The van der Waals surface area contributed by atoms with Crippen molar-refractivity contribution in [2.24, 2.45) is 30.9 Å². The van der Waals surface area contributed by atoms with E-state index in [1.54, 1.807) is 90.1 Å². The van der Waals surface area contributed by atoms with Crippen molar-refractivity contribution in [1.82, 2.24) is 0 Å². The maximum absolute atomic E-state index is 5.96. The van der Waals surface area contributed by atoms with Gasteiger partial charge in [0.15, 0.2) is 0 Å². The number of benzene rings is 2. The normalized spacial score (nSPS) is 29.5. The molecule has 2 bridgehead atoms. The average molecular weight is 622 g/mol. The van der Waals surface area contributed by atoms with Crippen molar-refractivity contribution in [2.75, 3.05) is 0 Å². The van der Waals surface area contributed by atoms with E-state index in [4.69, 9.17) is 41.4 Å². The number of terminal acetylenes is 2. The first kappa shape index (κ1) is 32.5. The molecule has 2 aromatic rings. The van der Waals surface area contributed by atoms with E-state index in [1.807, 2.05) is 0 Å². The van der Waals surface area contributed by atoms with Gasteiger partial charge in [-0.05, 0) is 65.8 Å². The van der Waals surface area contributed by atoms with E-state index in [2.05, 4.69) is 42.8 Å². The Morgan fingerprint density at radius 2 is 0.651 bits per heavy atom. The van der Waals surface area contributed by atoms with Crippen LogP contribution in [0.15, 0.2) is 79.5 Å². The summed E-state index contributed by atoms with van der Waals surface area (Å²) in [6.07, 6.45) is 11.1. The second-order valence-electron chi connectivity index (χ2n) is 9.51. The summed E-state index contributed by atoms with van der Waals surface area (Å²) in [7, 11) is 0. The van der Waals surface area contributed by atoms with Gasteiger partial charge in [-0.25, -0.2) is 0 Å². The van der Waals surface area contributed by atoms with E-state index >= 15 is 0 Å². The monoisotopic (exact) mass is 622 g/mol. The number of oxime groups is 6. The van der Waals surface area contributed by atoms with Crippen LogP contribution < -0.4 is 10.9 Å².